The maximum absolute atomic E-state index is 12.1. The molecule has 0 spiro atoms. The van der Waals surface area contributed by atoms with Gasteiger partial charge < -0.3 is 11.1 Å². The number of hydrogen-bond acceptors (Lipinski definition) is 2. The summed E-state index contributed by atoms with van der Waals surface area (Å²) in [5.41, 5.74) is 8.34. The van der Waals surface area contributed by atoms with Gasteiger partial charge in [0, 0.05) is 15.1 Å². The van der Waals surface area contributed by atoms with E-state index in [9.17, 15) is 4.79 Å². The average molecular weight is 340 g/mol. The summed E-state index contributed by atoms with van der Waals surface area (Å²) in [6.07, 6.45) is 0. The van der Waals surface area contributed by atoms with Gasteiger partial charge in [-0.15, -0.1) is 0 Å². The molecular formula is C14H12BrClN2O. The van der Waals surface area contributed by atoms with Gasteiger partial charge in [-0.25, -0.2) is 0 Å². The second-order valence-electron chi connectivity index (χ2n) is 4.15. The van der Waals surface area contributed by atoms with Gasteiger partial charge in [0.25, 0.3) is 5.91 Å². The van der Waals surface area contributed by atoms with Crippen molar-refractivity contribution < 1.29 is 4.79 Å². The lowest BCUT2D eigenvalue weighted by molar-refractivity contribution is 0.102. The number of benzene rings is 2. The van der Waals surface area contributed by atoms with Crippen LogP contribution in [0.4, 0.5) is 11.4 Å². The molecule has 1 amide bonds. The summed E-state index contributed by atoms with van der Waals surface area (Å²) in [7, 11) is 0. The third-order valence-corrected chi connectivity index (χ3v) is 3.60. The number of rotatable bonds is 2. The molecule has 0 unspecified atom stereocenters. The van der Waals surface area contributed by atoms with Gasteiger partial charge in [-0.3, -0.25) is 4.79 Å². The van der Waals surface area contributed by atoms with Gasteiger partial charge in [0.15, 0.2) is 0 Å². The van der Waals surface area contributed by atoms with E-state index in [0.717, 1.165) is 10.0 Å². The number of nitrogen functional groups attached to an aromatic ring is 1. The fourth-order valence-corrected chi connectivity index (χ4v) is 2.14. The zero-order chi connectivity index (χ0) is 14.0. The molecule has 19 heavy (non-hydrogen) atoms. The molecule has 2 aromatic carbocycles. The largest absolute Gasteiger partial charge is 0.397 e. The minimum absolute atomic E-state index is 0.240. The molecule has 0 aromatic heterocycles. The summed E-state index contributed by atoms with van der Waals surface area (Å²) in [4.78, 5) is 12.1. The summed E-state index contributed by atoms with van der Waals surface area (Å²) < 4.78 is 0.862. The average Bonchev–Trinajstić information content (AvgIpc) is 2.36. The molecule has 2 aromatic rings. The van der Waals surface area contributed by atoms with E-state index < -0.39 is 0 Å². The van der Waals surface area contributed by atoms with Gasteiger partial charge in [-0.1, -0.05) is 33.6 Å². The molecule has 0 saturated carbocycles. The van der Waals surface area contributed by atoms with Crippen LogP contribution in [-0.2, 0) is 0 Å². The minimum Gasteiger partial charge on any atom is -0.397 e. The van der Waals surface area contributed by atoms with Gasteiger partial charge in [-0.2, -0.15) is 0 Å². The van der Waals surface area contributed by atoms with Crippen LogP contribution in [0.2, 0.25) is 5.02 Å². The Labute approximate surface area is 124 Å². The number of carbonyl (C=O) groups excluding carboxylic acids is 1. The molecule has 0 radical (unpaired) electrons. The molecule has 98 valence electrons. The number of amides is 1. The summed E-state index contributed by atoms with van der Waals surface area (Å²) in [5, 5.41) is 3.32. The van der Waals surface area contributed by atoms with E-state index >= 15 is 0 Å². The molecule has 5 heteroatoms. The minimum atomic E-state index is -0.240. The fraction of sp³-hybridized carbons (Fsp3) is 0.0714. The van der Waals surface area contributed by atoms with Crippen molar-refractivity contribution in [2.45, 2.75) is 6.92 Å². The number of hydrogen-bond donors (Lipinski definition) is 2. The van der Waals surface area contributed by atoms with E-state index in [-0.39, 0.29) is 5.91 Å². The van der Waals surface area contributed by atoms with Crippen LogP contribution >= 0.6 is 27.5 Å². The summed E-state index contributed by atoms with van der Waals surface area (Å²) >= 11 is 9.32. The lowest BCUT2D eigenvalue weighted by Gasteiger charge is -2.09. The Bertz CT molecular complexity index is 643. The Balaban J connectivity index is 2.23. The third kappa shape index (κ3) is 3.28. The van der Waals surface area contributed by atoms with Gasteiger partial charge in [0.1, 0.15) is 0 Å². The number of nitrogens with one attached hydrogen (secondary N) is 1. The fourth-order valence-electron chi connectivity index (χ4n) is 1.58. The maximum atomic E-state index is 12.1. The molecule has 0 aliphatic carbocycles. The molecule has 0 saturated heterocycles. The zero-order valence-electron chi connectivity index (χ0n) is 10.2. The Morgan fingerprint density at radius 2 is 2.00 bits per heavy atom. The summed E-state index contributed by atoms with van der Waals surface area (Å²) in [5.74, 6) is -0.240. The molecular weight excluding hydrogens is 328 g/mol. The number of aryl methyl sites for hydroxylation is 1. The molecule has 0 heterocycles. The predicted molar refractivity (Wildman–Crippen MR) is 82.7 cm³/mol. The zero-order valence-corrected chi connectivity index (χ0v) is 12.5. The predicted octanol–water partition coefficient (Wildman–Crippen LogP) is 4.25. The van der Waals surface area contributed by atoms with E-state index in [1.54, 1.807) is 24.3 Å². The number of halogens is 2. The Hall–Kier alpha value is -1.52. The normalized spacial score (nSPS) is 10.3. The second kappa shape index (κ2) is 5.63. The highest BCUT2D eigenvalue weighted by Crippen LogP contribution is 2.24. The Morgan fingerprint density at radius 3 is 2.63 bits per heavy atom. The highest BCUT2D eigenvalue weighted by molar-refractivity contribution is 9.10. The molecule has 3 nitrogen and oxygen atoms in total. The quantitative estimate of drug-likeness (QED) is 0.804. The second-order valence-corrected chi connectivity index (χ2v) is 5.47. The molecule has 0 aliphatic heterocycles. The van der Waals surface area contributed by atoms with E-state index in [4.69, 9.17) is 17.3 Å². The van der Waals surface area contributed by atoms with Crippen LogP contribution in [0, 0.1) is 6.92 Å². The molecule has 0 atom stereocenters. The topological polar surface area (TPSA) is 55.1 Å². The van der Waals surface area contributed by atoms with E-state index in [2.05, 4.69) is 21.2 Å². The molecule has 0 aliphatic rings. The molecule has 0 bridgehead atoms. The van der Waals surface area contributed by atoms with Gasteiger partial charge in [-0.05, 0) is 42.8 Å². The van der Waals surface area contributed by atoms with Crippen molar-refractivity contribution in [3.63, 3.8) is 0 Å². The first-order valence-corrected chi connectivity index (χ1v) is 6.77. The highest BCUT2D eigenvalue weighted by atomic mass is 79.9. The van der Waals surface area contributed by atoms with E-state index in [1.807, 2.05) is 19.1 Å². The number of nitrogens with two attached hydrogens (primary N) is 1. The molecule has 3 N–H and O–H groups in total. The summed E-state index contributed by atoms with van der Waals surface area (Å²) in [6, 6.07) is 10.5. The van der Waals surface area contributed by atoms with Crippen molar-refractivity contribution in [2.75, 3.05) is 11.1 Å². The van der Waals surface area contributed by atoms with Crippen LogP contribution in [-0.4, -0.2) is 5.91 Å². The van der Waals surface area contributed by atoms with Crippen LogP contribution in [0.3, 0.4) is 0 Å². The maximum Gasteiger partial charge on any atom is 0.255 e. The Kier molecular flexibility index (Phi) is 4.12. The smallest absolute Gasteiger partial charge is 0.255 e. The molecule has 0 fully saturated rings. The van der Waals surface area contributed by atoms with Crippen molar-refractivity contribution in [3.05, 3.63) is 57.0 Å². The van der Waals surface area contributed by atoms with Crippen molar-refractivity contribution in [3.8, 4) is 0 Å². The lowest BCUT2D eigenvalue weighted by atomic mass is 10.1. The number of carbonyl (C=O) groups is 1. The van der Waals surface area contributed by atoms with Crippen molar-refractivity contribution in [1.82, 2.24) is 0 Å². The first-order chi connectivity index (χ1) is 8.97. The lowest BCUT2D eigenvalue weighted by Crippen LogP contribution is -2.13. The van der Waals surface area contributed by atoms with Crippen molar-refractivity contribution in [1.29, 1.82) is 0 Å². The summed E-state index contributed by atoms with van der Waals surface area (Å²) in [6.45, 7) is 1.89. The molecule has 2 rings (SSSR count). The van der Waals surface area contributed by atoms with Gasteiger partial charge in [0.2, 0.25) is 0 Å². The van der Waals surface area contributed by atoms with Crippen molar-refractivity contribution in [2.24, 2.45) is 0 Å². The van der Waals surface area contributed by atoms with Gasteiger partial charge >= 0.3 is 0 Å². The van der Waals surface area contributed by atoms with Gasteiger partial charge in [0.05, 0.1) is 11.4 Å². The first-order valence-electron chi connectivity index (χ1n) is 5.60. The van der Waals surface area contributed by atoms with Crippen LogP contribution in [0.1, 0.15) is 15.9 Å². The third-order valence-electron chi connectivity index (χ3n) is 2.70. The number of anilines is 2. The highest BCUT2D eigenvalue weighted by Gasteiger charge is 2.09. The van der Waals surface area contributed by atoms with Crippen LogP contribution < -0.4 is 11.1 Å². The first kappa shape index (κ1) is 13.9. The van der Waals surface area contributed by atoms with Crippen LogP contribution in [0.15, 0.2) is 40.9 Å². The SMILES string of the molecule is Cc1ccc(C(=O)Nc2ccc(Br)cc2N)cc1Cl. The van der Waals surface area contributed by atoms with Crippen LogP contribution in [0.5, 0.6) is 0 Å². The van der Waals surface area contributed by atoms with E-state index in [1.165, 1.54) is 0 Å². The Morgan fingerprint density at radius 1 is 1.26 bits per heavy atom. The van der Waals surface area contributed by atoms with Crippen LogP contribution in [0.25, 0.3) is 0 Å². The monoisotopic (exact) mass is 338 g/mol. The van der Waals surface area contributed by atoms with Crippen molar-refractivity contribution >= 4 is 44.8 Å². The standard InChI is InChI=1S/C14H12BrClN2O/c1-8-2-3-9(6-11(8)16)14(19)18-13-5-4-10(15)7-12(13)17/h2-7H,17H2,1H3,(H,18,19). The van der Waals surface area contributed by atoms with E-state index in [0.29, 0.717) is 22.0 Å².